The van der Waals surface area contributed by atoms with Crippen molar-refractivity contribution in [3.05, 3.63) is 29.8 Å². The first-order valence-electron chi connectivity index (χ1n) is 6.44. The van der Waals surface area contributed by atoms with E-state index in [4.69, 9.17) is 0 Å². The molecule has 110 valence electrons. The molecular weight excluding hydrogens is 281 g/mol. The second-order valence-corrected chi connectivity index (χ2v) is 7.69. The minimum atomic E-state index is -4.69. The van der Waals surface area contributed by atoms with Crippen LogP contribution in [0.25, 0.3) is 0 Å². The maximum atomic E-state index is 13.1. The molecule has 1 aliphatic heterocycles. The van der Waals surface area contributed by atoms with Crippen LogP contribution in [0.1, 0.15) is 32.8 Å². The SMILES string of the molecule is CC(C)(C)c1ccccc1N1CC(S(=O)(=O)F)CC1=O. The topological polar surface area (TPSA) is 54.5 Å². The summed E-state index contributed by atoms with van der Waals surface area (Å²) in [4.78, 5) is 13.4. The highest BCUT2D eigenvalue weighted by molar-refractivity contribution is 7.87. The number of hydrogen-bond donors (Lipinski definition) is 0. The zero-order valence-electron chi connectivity index (χ0n) is 11.8. The van der Waals surface area contributed by atoms with Gasteiger partial charge in [0.25, 0.3) is 0 Å². The molecule has 4 nitrogen and oxygen atoms in total. The van der Waals surface area contributed by atoms with Gasteiger partial charge in [-0.25, -0.2) is 0 Å². The first kappa shape index (κ1) is 15.0. The Hall–Kier alpha value is -1.43. The lowest BCUT2D eigenvalue weighted by atomic mass is 9.85. The second kappa shape index (κ2) is 4.84. The third-order valence-electron chi connectivity index (χ3n) is 3.49. The molecule has 0 radical (unpaired) electrons. The Labute approximate surface area is 118 Å². The van der Waals surface area contributed by atoms with Gasteiger partial charge >= 0.3 is 10.2 Å². The van der Waals surface area contributed by atoms with Gasteiger partial charge in [0.2, 0.25) is 5.91 Å². The fraction of sp³-hybridized carbons (Fsp3) is 0.500. The van der Waals surface area contributed by atoms with E-state index >= 15 is 0 Å². The molecule has 0 N–H and O–H groups in total. The van der Waals surface area contributed by atoms with Crippen LogP contribution in [0.15, 0.2) is 24.3 Å². The van der Waals surface area contributed by atoms with Crippen molar-refractivity contribution < 1.29 is 17.1 Å². The fourth-order valence-corrected chi connectivity index (χ4v) is 3.11. The lowest BCUT2D eigenvalue weighted by Gasteiger charge is -2.27. The van der Waals surface area contributed by atoms with E-state index in [1.807, 2.05) is 32.9 Å². The van der Waals surface area contributed by atoms with E-state index < -0.39 is 15.5 Å². The summed E-state index contributed by atoms with van der Waals surface area (Å²) >= 11 is 0. The summed E-state index contributed by atoms with van der Waals surface area (Å²) in [6, 6.07) is 7.33. The highest BCUT2D eigenvalue weighted by Crippen LogP contribution is 2.35. The molecule has 1 atom stereocenters. The van der Waals surface area contributed by atoms with Crippen molar-refractivity contribution in [1.82, 2.24) is 0 Å². The van der Waals surface area contributed by atoms with Crippen molar-refractivity contribution in [3.63, 3.8) is 0 Å². The summed E-state index contributed by atoms with van der Waals surface area (Å²) in [5.41, 5.74) is 1.41. The van der Waals surface area contributed by atoms with Gasteiger partial charge in [0.1, 0.15) is 5.25 Å². The van der Waals surface area contributed by atoms with E-state index in [1.54, 1.807) is 12.1 Å². The van der Waals surface area contributed by atoms with Crippen LogP contribution in [-0.4, -0.2) is 26.1 Å². The van der Waals surface area contributed by atoms with Gasteiger partial charge in [0.05, 0.1) is 0 Å². The van der Waals surface area contributed by atoms with Crippen molar-refractivity contribution in [2.75, 3.05) is 11.4 Å². The molecule has 6 heteroatoms. The van der Waals surface area contributed by atoms with E-state index in [-0.39, 0.29) is 24.3 Å². The van der Waals surface area contributed by atoms with Gasteiger partial charge in [0.15, 0.2) is 0 Å². The first-order valence-corrected chi connectivity index (χ1v) is 7.88. The molecule has 0 aliphatic carbocycles. The van der Waals surface area contributed by atoms with Crippen molar-refractivity contribution in [3.8, 4) is 0 Å². The summed E-state index contributed by atoms with van der Waals surface area (Å²) < 4.78 is 35.1. The van der Waals surface area contributed by atoms with Crippen LogP contribution in [0.3, 0.4) is 0 Å². The molecule has 1 heterocycles. The molecule has 0 spiro atoms. The van der Waals surface area contributed by atoms with Crippen LogP contribution in [0.5, 0.6) is 0 Å². The van der Waals surface area contributed by atoms with Gasteiger partial charge in [-0.1, -0.05) is 39.0 Å². The van der Waals surface area contributed by atoms with Gasteiger partial charge in [0, 0.05) is 18.7 Å². The van der Waals surface area contributed by atoms with Gasteiger partial charge in [-0.2, -0.15) is 8.42 Å². The van der Waals surface area contributed by atoms with Crippen molar-refractivity contribution >= 4 is 21.8 Å². The van der Waals surface area contributed by atoms with Gasteiger partial charge in [-0.3, -0.25) is 4.79 Å². The minimum Gasteiger partial charge on any atom is -0.311 e. The number of benzene rings is 1. The van der Waals surface area contributed by atoms with Crippen LogP contribution in [0.2, 0.25) is 0 Å². The molecule has 1 aliphatic rings. The van der Waals surface area contributed by atoms with Crippen LogP contribution in [0, 0.1) is 0 Å². The normalized spacial score (nSPS) is 20.5. The van der Waals surface area contributed by atoms with Crippen LogP contribution >= 0.6 is 0 Å². The number of rotatable bonds is 2. The molecule has 1 fully saturated rings. The molecule has 1 aromatic rings. The number of anilines is 1. The number of carbonyl (C=O) groups excluding carboxylic acids is 1. The molecule has 20 heavy (non-hydrogen) atoms. The molecule has 0 aromatic heterocycles. The minimum absolute atomic E-state index is 0.120. The zero-order valence-corrected chi connectivity index (χ0v) is 12.6. The largest absolute Gasteiger partial charge is 0.311 e. The monoisotopic (exact) mass is 299 g/mol. The summed E-state index contributed by atoms with van der Waals surface area (Å²) in [7, 11) is -4.69. The summed E-state index contributed by atoms with van der Waals surface area (Å²) in [5.74, 6) is -0.354. The second-order valence-electron chi connectivity index (χ2n) is 6.07. The average Bonchev–Trinajstić information content (AvgIpc) is 2.70. The van der Waals surface area contributed by atoms with E-state index in [0.29, 0.717) is 5.69 Å². The summed E-state index contributed by atoms with van der Waals surface area (Å²) in [5, 5.41) is -1.26. The third kappa shape index (κ3) is 2.85. The summed E-state index contributed by atoms with van der Waals surface area (Å²) in [6.45, 7) is 5.91. The molecule has 1 aromatic carbocycles. The molecule has 1 unspecified atom stereocenters. The van der Waals surface area contributed by atoms with E-state index in [2.05, 4.69) is 0 Å². The lowest BCUT2D eigenvalue weighted by molar-refractivity contribution is -0.117. The Balaban J connectivity index is 2.41. The van der Waals surface area contributed by atoms with Crippen molar-refractivity contribution in [2.24, 2.45) is 0 Å². The maximum absolute atomic E-state index is 13.1. The van der Waals surface area contributed by atoms with Crippen LogP contribution in [0.4, 0.5) is 9.57 Å². The van der Waals surface area contributed by atoms with Gasteiger partial charge in [-0.05, 0) is 17.0 Å². The molecule has 0 saturated carbocycles. The zero-order chi connectivity index (χ0) is 15.1. The Morgan fingerprint density at radius 3 is 2.35 bits per heavy atom. The average molecular weight is 299 g/mol. The third-order valence-corrected chi connectivity index (χ3v) is 4.60. The first-order chi connectivity index (χ1) is 9.10. The standard InChI is InChI=1S/C14H18FNO3S/c1-14(2,3)11-6-4-5-7-12(11)16-9-10(8-13(16)17)20(15,18)19/h4-7,10H,8-9H2,1-3H3. The molecule has 1 amide bonds. The molecule has 0 bridgehead atoms. The van der Waals surface area contributed by atoms with E-state index in [1.165, 1.54) is 4.90 Å². The van der Waals surface area contributed by atoms with Gasteiger partial charge < -0.3 is 4.90 Å². The predicted octanol–water partition coefficient (Wildman–Crippen LogP) is 2.39. The number of hydrogen-bond acceptors (Lipinski definition) is 3. The van der Waals surface area contributed by atoms with E-state index in [9.17, 15) is 17.1 Å². The fourth-order valence-electron chi connectivity index (χ4n) is 2.44. The van der Waals surface area contributed by atoms with Crippen LogP contribution in [-0.2, 0) is 20.4 Å². The Morgan fingerprint density at radius 2 is 1.85 bits per heavy atom. The number of amides is 1. The smallest absolute Gasteiger partial charge is 0.307 e. The highest BCUT2D eigenvalue weighted by atomic mass is 32.3. The van der Waals surface area contributed by atoms with Crippen molar-refractivity contribution in [2.45, 2.75) is 37.9 Å². The quantitative estimate of drug-likeness (QED) is 0.788. The molecule has 2 rings (SSSR count). The Morgan fingerprint density at radius 1 is 1.25 bits per heavy atom. The molecular formula is C14H18FNO3S. The summed E-state index contributed by atoms with van der Waals surface area (Å²) in [6.07, 6.45) is -0.294. The Bertz CT molecular complexity index is 634. The number of para-hydroxylation sites is 1. The molecule has 1 saturated heterocycles. The van der Waals surface area contributed by atoms with Crippen LogP contribution < -0.4 is 4.90 Å². The maximum Gasteiger partial charge on any atom is 0.307 e. The van der Waals surface area contributed by atoms with Gasteiger partial charge in [-0.15, -0.1) is 3.89 Å². The number of nitrogens with zero attached hydrogens (tertiary/aromatic N) is 1. The van der Waals surface area contributed by atoms with Crippen molar-refractivity contribution in [1.29, 1.82) is 0 Å². The predicted molar refractivity (Wildman–Crippen MR) is 75.9 cm³/mol. The highest BCUT2D eigenvalue weighted by Gasteiger charge is 2.40. The lowest BCUT2D eigenvalue weighted by Crippen LogP contribution is -2.29. The number of carbonyl (C=O) groups is 1. The van der Waals surface area contributed by atoms with E-state index in [0.717, 1.165) is 5.56 Å². The number of halogens is 1. The Kier molecular flexibility index (Phi) is 3.62.